The molecule has 5 aromatic rings. The highest BCUT2D eigenvalue weighted by Crippen LogP contribution is 2.39. The van der Waals surface area contributed by atoms with E-state index in [1.165, 1.54) is 0 Å². The van der Waals surface area contributed by atoms with Gasteiger partial charge in [-0.1, -0.05) is 78.9 Å². The van der Waals surface area contributed by atoms with Gasteiger partial charge in [-0.15, -0.1) is 0 Å². The van der Waals surface area contributed by atoms with Crippen molar-refractivity contribution in [3.05, 3.63) is 159 Å². The van der Waals surface area contributed by atoms with Crippen molar-refractivity contribution < 1.29 is 24.0 Å². The molecule has 2 aliphatic rings. The molecule has 0 saturated carbocycles. The molecule has 0 aliphatic heterocycles. The molecular formula is C35H20N2O5. The lowest BCUT2D eigenvalue weighted by molar-refractivity contribution is 0.0979. The van der Waals surface area contributed by atoms with Crippen LogP contribution in [0.1, 0.15) is 74.0 Å². The van der Waals surface area contributed by atoms with Crippen LogP contribution in [0.25, 0.3) is 0 Å². The predicted molar refractivity (Wildman–Crippen MR) is 157 cm³/mol. The average molecular weight is 549 g/mol. The zero-order valence-electron chi connectivity index (χ0n) is 21.9. The number of benzene rings is 5. The van der Waals surface area contributed by atoms with Gasteiger partial charge in [-0.2, -0.15) is 0 Å². The molecule has 0 radical (unpaired) electrons. The molecule has 0 atom stereocenters. The zero-order valence-corrected chi connectivity index (χ0v) is 21.9. The fourth-order valence-electron chi connectivity index (χ4n) is 5.61. The van der Waals surface area contributed by atoms with Gasteiger partial charge in [0.2, 0.25) is 0 Å². The maximum Gasteiger partial charge on any atom is 0.255 e. The summed E-state index contributed by atoms with van der Waals surface area (Å²) in [6.45, 7) is 0. The van der Waals surface area contributed by atoms with E-state index >= 15 is 0 Å². The third-order valence-electron chi connectivity index (χ3n) is 7.58. The number of carbonyl (C=O) groups is 5. The standard InChI is InChI=1S/C35H20N2O5/c38-31-20-11-4-5-12-21(20)32(39)28-24(31)15-8-16-25(28)36-26-17-18-27(37-35(42)19-9-2-1-3-10-19)30-29(26)33(40)22-13-6-7-14-23(22)34(30)41/h1-18,36H,(H,37,42). The number of nitrogens with one attached hydrogen (secondary N) is 2. The van der Waals surface area contributed by atoms with E-state index in [0.717, 1.165) is 0 Å². The van der Waals surface area contributed by atoms with Crippen LogP contribution in [0.5, 0.6) is 0 Å². The molecule has 1 amide bonds. The van der Waals surface area contributed by atoms with Gasteiger partial charge in [0.1, 0.15) is 0 Å². The lowest BCUT2D eigenvalue weighted by atomic mass is 9.81. The van der Waals surface area contributed by atoms with Crippen molar-refractivity contribution >= 4 is 46.1 Å². The van der Waals surface area contributed by atoms with E-state index in [2.05, 4.69) is 10.6 Å². The summed E-state index contributed by atoms with van der Waals surface area (Å²) in [6, 6.07) is 29.8. The van der Waals surface area contributed by atoms with Gasteiger partial charge in [0.15, 0.2) is 23.1 Å². The molecule has 0 bridgehead atoms. The minimum absolute atomic E-state index is 0.0468. The number of rotatable bonds is 4. The number of hydrogen-bond acceptors (Lipinski definition) is 6. The van der Waals surface area contributed by atoms with Gasteiger partial charge in [-0.25, -0.2) is 0 Å². The molecule has 0 aromatic heterocycles. The summed E-state index contributed by atoms with van der Waals surface area (Å²) < 4.78 is 0. The minimum Gasteiger partial charge on any atom is -0.354 e. The average Bonchev–Trinajstić information content (AvgIpc) is 3.03. The molecule has 0 fully saturated rings. The van der Waals surface area contributed by atoms with Crippen LogP contribution in [0.2, 0.25) is 0 Å². The van der Waals surface area contributed by atoms with Gasteiger partial charge >= 0.3 is 0 Å². The van der Waals surface area contributed by atoms with Gasteiger partial charge in [-0.05, 0) is 30.3 Å². The fraction of sp³-hybridized carbons (Fsp3) is 0. The largest absolute Gasteiger partial charge is 0.354 e. The second kappa shape index (κ2) is 9.60. The third kappa shape index (κ3) is 3.79. The second-order valence-corrected chi connectivity index (χ2v) is 9.99. The lowest BCUT2D eigenvalue weighted by Gasteiger charge is -2.25. The third-order valence-corrected chi connectivity index (χ3v) is 7.58. The Morgan fingerprint density at radius 3 is 1.48 bits per heavy atom. The van der Waals surface area contributed by atoms with Crippen molar-refractivity contribution in [2.75, 3.05) is 10.6 Å². The van der Waals surface area contributed by atoms with E-state index in [1.54, 1.807) is 109 Å². The molecule has 0 heterocycles. The summed E-state index contributed by atoms with van der Waals surface area (Å²) in [6.07, 6.45) is 0. The number of anilines is 3. The Kier molecular flexibility index (Phi) is 5.73. The van der Waals surface area contributed by atoms with Gasteiger partial charge < -0.3 is 10.6 Å². The normalized spacial score (nSPS) is 13.0. The second-order valence-electron chi connectivity index (χ2n) is 9.99. The quantitative estimate of drug-likeness (QED) is 0.270. The van der Waals surface area contributed by atoms with Crippen LogP contribution in [0.4, 0.5) is 17.1 Å². The maximum absolute atomic E-state index is 13.9. The number of amides is 1. The Hall–Kier alpha value is -5.95. The Balaban J connectivity index is 1.37. The summed E-state index contributed by atoms with van der Waals surface area (Å²) in [4.78, 5) is 67.6. The molecule has 5 aromatic carbocycles. The van der Waals surface area contributed by atoms with Crippen LogP contribution in [0.15, 0.2) is 109 Å². The highest BCUT2D eigenvalue weighted by atomic mass is 16.2. The maximum atomic E-state index is 13.9. The van der Waals surface area contributed by atoms with Gasteiger partial charge in [0, 0.05) is 33.4 Å². The predicted octanol–water partition coefficient (Wildman–Crippen LogP) is 6.23. The van der Waals surface area contributed by atoms with Crippen molar-refractivity contribution in [2.45, 2.75) is 0 Å². The molecule has 7 heteroatoms. The highest BCUT2D eigenvalue weighted by molar-refractivity contribution is 6.33. The molecule has 42 heavy (non-hydrogen) atoms. The van der Waals surface area contributed by atoms with Crippen molar-refractivity contribution in [3.63, 3.8) is 0 Å². The first-order valence-electron chi connectivity index (χ1n) is 13.2. The fourth-order valence-corrected chi connectivity index (χ4v) is 5.61. The molecule has 7 nitrogen and oxygen atoms in total. The molecule has 7 rings (SSSR count). The number of fused-ring (bicyclic) bond motifs is 4. The number of ketones is 4. The van der Waals surface area contributed by atoms with Gasteiger partial charge in [0.05, 0.1) is 33.8 Å². The topological polar surface area (TPSA) is 109 Å². The molecule has 200 valence electrons. The molecule has 2 N–H and O–H groups in total. The van der Waals surface area contributed by atoms with Crippen molar-refractivity contribution in [1.29, 1.82) is 0 Å². The first-order valence-corrected chi connectivity index (χ1v) is 13.2. The molecule has 2 aliphatic carbocycles. The summed E-state index contributed by atoms with van der Waals surface area (Å²) in [5, 5.41) is 5.97. The van der Waals surface area contributed by atoms with Gasteiger partial charge in [-0.3, -0.25) is 24.0 Å². The molecule has 0 saturated heterocycles. The first-order chi connectivity index (χ1) is 20.4. The van der Waals surface area contributed by atoms with Gasteiger partial charge in [0.25, 0.3) is 5.91 Å². The van der Waals surface area contributed by atoms with Crippen LogP contribution < -0.4 is 10.6 Å². The smallest absolute Gasteiger partial charge is 0.255 e. The minimum atomic E-state index is -0.433. The van der Waals surface area contributed by atoms with Crippen LogP contribution in [0.3, 0.4) is 0 Å². The van der Waals surface area contributed by atoms with E-state index in [1.807, 2.05) is 0 Å². The Labute approximate surface area is 239 Å². The Morgan fingerprint density at radius 1 is 0.405 bits per heavy atom. The summed E-state index contributed by atoms with van der Waals surface area (Å²) in [7, 11) is 0. The number of carbonyl (C=O) groups excluding carboxylic acids is 5. The van der Waals surface area contributed by atoms with E-state index in [-0.39, 0.29) is 56.3 Å². The summed E-state index contributed by atoms with van der Waals surface area (Å²) >= 11 is 0. The van der Waals surface area contributed by atoms with E-state index < -0.39 is 17.5 Å². The highest BCUT2D eigenvalue weighted by Gasteiger charge is 2.36. The molecule has 0 unspecified atom stereocenters. The molecular weight excluding hydrogens is 528 g/mol. The van der Waals surface area contributed by atoms with Crippen LogP contribution in [-0.4, -0.2) is 29.0 Å². The Bertz CT molecular complexity index is 2030. The van der Waals surface area contributed by atoms with E-state index in [4.69, 9.17) is 0 Å². The lowest BCUT2D eigenvalue weighted by Crippen LogP contribution is -2.25. The Morgan fingerprint density at radius 2 is 0.857 bits per heavy atom. The van der Waals surface area contributed by atoms with Crippen molar-refractivity contribution in [3.8, 4) is 0 Å². The van der Waals surface area contributed by atoms with Crippen LogP contribution in [-0.2, 0) is 0 Å². The zero-order chi connectivity index (χ0) is 29.0. The SMILES string of the molecule is O=C(Nc1ccc(Nc2cccc3c2C(=O)c2ccccc2C3=O)c2c1C(=O)c1ccccc1C2=O)c1ccccc1. The van der Waals surface area contributed by atoms with Crippen molar-refractivity contribution in [1.82, 2.24) is 0 Å². The van der Waals surface area contributed by atoms with Crippen LogP contribution >= 0.6 is 0 Å². The summed E-state index contributed by atoms with van der Waals surface area (Å²) in [5.41, 5.74) is 2.81. The molecule has 0 spiro atoms. The van der Waals surface area contributed by atoms with E-state index in [9.17, 15) is 24.0 Å². The van der Waals surface area contributed by atoms with Crippen molar-refractivity contribution in [2.24, 2.45) is 0 Å². The summed E-state index contributed by atoms with van der Waals surface area (Å²) in [5.74, 6) is -1.85. The van der Waals surface area contributed by atoms with Crippen LogP contribution in [0, 0.1) is 0 Å². The number of hydrogen-bond donors (Lipinski definition) is 2. The van der Waals surface area contributed by atoms with E-state index in [0.29, 0.717) is 22.4 Å². The first kappa shape index (κ1) is 25.0. The monoisotopic (exact) mass is 548 g/mol.